The predicted octanol–water partition coefficient (Wildman–Crippen LogP) is 3.08. The van der Waals surface area contributed by atoms with E-state index in [1.807, 2.05) is 19.1 Å². The highest BCUT2D eigenvalue weighted by atomic mass is 19.1. The normalized spacial score (nSPS) is 14.1. The molecule has 0 radical (unpaired) electrons. The number of hydrogen-bond acceptors (Lipinski definition) is 3. The lowest BCUT2D eigenvalue weighted by Crippen LogP contribution is -2.50. The molecular formula is C22H23FN2O3. The van der Waals surface area contributed by atoms with Gasteiger partial charge in [-0.1, -0.05) is 35.9 Å². The molecule has 0 saturated carbocycles. The van der Waals surface area contributed by atoms with Crippen LogP contribution in [0.1, 0.15) is 39.1 Å². The van der Waals surface area contributed by atoms with Crippen molar-refractivity contribution in [3.63, 3.8) is 0 Å². The number of benzene rings is 2. The largest absolute Gasteiger partial charge is 0.339 e. The Balaban J connectivity index is 1.47. The smallest absolute Gasteiger partial charge is 0.254 e. The lowest BCUT2D eigenvalue weighted by Gasteiger charge is -2.35. The fourth-order valence-corrected chi connectivity index (χ4v) is 3.23. The van der Waals surface area contributed by atoms with Gasteiger partial charge in [-0.25, -0.2) is 4.39 Å². The van der Waals surface area contributed by atoms with Gasteiger partial charge in [0.25, 0.3) is 5.91 Å². The van der Waals surface area contributed by atoms with Gasteiger partial charge in [0.2, 0.25) is 5.91 Å². The summed E-state index contributed by atoms with van der Waals surface area (Å²) >= 11 is 0. The molecule has 0 spiro atoms. The topological polar surface area (TPSA) is 57.7 Å². The molecule has 28 heavy (non-hydrogen) atoms. The van der Waals surface area contributed by atoms with E-state index in [2.05, 4.69) is 0 Å². The highest BCUT2D eigenvalue weighted by Crippen LogP contribution is 2.13. The van der Waals surface area contributed by atoms with Crippen molar-refractivity contribution in [3.8, 4) is 0 Å². The molecule has 0 unspecified atom stereocenters. The van der Waals surface area contributed by atoms with Crippen molar-refractivity contribution in [2.24, 2.45) is 0 Å². The zero-order valence-electron chi connectivity index (χ0n) is 15.9. The fraction of sp³-hybridized carbons (Fsp3) is 0.318. The highest BCUT2D eigenvalue weighted by Gasteiger charge is 2.25. The number of carbonyl (C=O) groups excluding carboxylic acids is 3. The van der Waals surface area contributed by atoms with E-state index in [0.717, 1.165) is 5.56 Å². The van der Waals surface area contributed by atoms with Gasteiger partial charge < -0.3 is 9.80 Å². The number of rotatable bonds is 5. The standard InChI is InChI=1S/C22H23FN2O3/c1-16-5-7-17(8-6-16)20(26)9-10-21(27)24-11-13-25(14-12-24)22(28)18-3-2-4-19(23)15-18/h2-8,15H,9-14H2,1H3. The van der Waals surface area contributed by atoms with Crippen molar-refractivity contribution in [1.82, 2.24) is 9.80 Å². The van der Waals surface area contributed by atoms with E-state index in [9.17, 15) is 18.8 Å². The summed E-state index contributed by atoms with van der Waals surface area (Å²) in [5, 5.41) is 0. The van der Waals surface area contributed by atoms with Gasteiger partial charge in [0.15, 0.2) is 5.78 Å². The third-order valence-electron chi connectivity index (χ3n) is 4.93. The SMILES string of the molecule is Cc1ccc(C(=O)CCC(=O)N2CCN(C(=O)c3cccc(F)c3)CC2)cc1. The summed E-state index contributed by atoms with van der Waals surface area (Å²) in [6.45, 7) is 3.58. The highest BCUT2D eigenvalue weighted by molar-refractivity contribution is 5.98. The van der Waals surface area contributed by atoms with E-state index in [-0.39, 0.29) is 30.4 Å². The minimum Gasteiger partial charge on any atom is -0.339 e. The molecule has 0 atom stereocenters. The third kappa shape index (κ3) is 4.82. The molecule has 2 aromatic rings. The molecule has 1 saturated heterocycles. The molecular weight excluding hydrogens is 359 g/mol. The van der Waals surface area contributed by atoms with Gasteiger partial charge in [0.1, 0.15) is 5.82 Å². The second-order valence-electron chi connectivity index (χ2n) is 6.97. The Kier molecular flexibility index (Phi) is 6.19. The van der Waals surface area contributed by atoms with Gasteiger partial charge in [-0.3, -0.25) is 14.4 Å². The van der Waals surface area contributed by atoms with Gasteiger partial charge in [0.05, 0.1) is 0 Å². The van der Waals surface area contributed by atoms with Crippen LogP contribution in [0.2, 0.25) is 0 Å². The molecule has 2 aromatic carbocycles. The second-order valence-corrected chi connectivity index (χ2v) is 6.97. The van der Waals surface area contributed by atoms with Crippen LogP contribution in [0, 0.1) is 12.7 Å². The number of carbonyl (C=O) groups is 3. The molecule has 146 valence electrons. The Morgan fingerprint density at radius 3 is 2.14 bits per heavy atom. The first-order valence-corrected chi connectivity index (χ1v) is 9.36. The molecule has 6 heteroatoms. The number of Topliss-reactive ketones (excluding diaryl/α,β-unsaturated/α-hetero) is 1. The molecule has 0 aromatic heterocycles. The number of ketones is 1. The van der Waals surface area contributed by atoms with Gasteiger partial charge in [-0.15, -0.1) is 0 Å². The monoisotopic (exact) mass is 382 g/mol. The van der Waals surface area contributed by atoms with Crippen molar-refractivity contribution < 1.29 is 18.8 Å². The second kappa shape index (κ2) is 8.78. The average molecular weight is 382 g/mol. The Morgan fingerprint density at radius 1 is 0.857 bits per heavy atom. The summed E-state index contributed by atoms with van der Waals surface area (Å²) in [7, 11) is 0. The van der Waals surface area contributed by atoms with Crippen molar-refractivity contribution >= 4 is 17.6 Å². The van der Waals surface area contributed by atoms with Crippen molar-refractivity contribution in [3.05, 3.63) is 71.0 Å². The summed E-state index contributed by atoms with van der Waals surface area (Å²) in [5.41, 5.74) is 2.01. The van der Waals surface area contributed by atoms with E-state index >= 15 is 0 Å². The predicted molar refractivity (Wildman–Crippen MR) is 104 cm³/mol. The quantitative estimate of drug-likeness (QED) is 0.747. The summed E-state index contributed by atoms with van der Waals surface area (Å²) in [6.07, 6.45) is 0.328. The van der Waals surface area contributed by atoms with Gasteiger partial charge in [-0.05, 0) is 25.1 Å². The van der Waals surface area contributed by atoms with Crippen LogP contribution in [-0.2, 0) is 4.79 Å². The Hall–Kier alpha value is -3.02. The van der Waals surface area contributed by atoms with Crippen LogP contribution in [0.4, 0.5) is 4.39 Å². The maximum atomic E-state index is 13.3. The van der Waals surface area contributed by atoms with Gasteiger partial charge >= 0.3 is 0 Å². The molecule has 2 amide bonds. The van der Waals surface area contributed by atoms with Crippen LogP contribution in [0.3, 0.4) is 0 Å². The molecule has 5 nitrogen and oxygen atoms in total. The maximum absolute atomic E-state index is 13.3. The van der Waals surface area contributed by atoms with Crippen LogP contribution in [0.15, 0.2) is 48.5 Å². The summed E-state index contributed by atoms with van der Waals surface area (Å²) < 4.78 is 13.3. The zero-order chi connectivity index (χ0) is 20.1. The number of halogens is 1. The van der Waals surface area contributed by atoms with E-state index in [0.29, 0.717) is 37.3 Å². The molecule has 1 aliphatic heterocycles. The van der Waals surface area contributed by atoms with Crippen molar-refractivity contribution in [2.75, 3.05) is 26.2 Å². The minimum absolute atomic E-state index is 0.0479. The van der Waals surface area contributed by atoms with E-state index in [1.54, 1.807) is 28.0 Å². The first-order valence-electron chi connectivity index (χ1n) is 9.36. The maximum Gasteiger partial charge on any atom is 0.254 e. The number of hydrogen-bond donors (Lipinski definition) is 0. The van der Waals surface area contributed by atoms with Crippen LogP contribution >= 0.6 is 0 Å². The van der Waals surface area contributed by atoms with Crippen LogP contribution < -0.4 is 0 Å². The van der Waals surface area contributed by atoms with E-state index in [4.69, 9.17) is 0 Å². The van der Waals surface area contributed by atoms with Crippen molar-refractivity contribution in [2.45, 2.75) is 19.8 Å². The summed E-state index contributed by atoms with van der Waals surface area (Å²) in [4.78, 5) is 40.3. The number of piperazine rings is 1. The molecule has 0 bridgehead atoms. The van der Waals surface area contributed by atoms with Gasteiger partial charge in [0, 0.05) is 50.1 Å². The molecule has 0 aliphatic carbocycles. The van der Waals surface area contributed by atoms with Crippen LogP contribution in [0.5, 0.6) is 0 Å². The summed E-state index contributed by atoms with van der Waals surface area (Å²) in [5.74, 6) is -0.814. The minimum atomic E-state index is -0.446. The first kappa shape index (κ1) is 19.7. The Labute approximate surface area is 163 Å². The zero-order valence-corrected chi connectivity index (χ0v) is 15.9. The molecule has 3 rings (SSSR count). The van der Waals surface area contributed by atoms with Crippen molar-refractivity contribution in [1.29, 1.82) is 0 Å². The van der Waals surface area contributed by atoms with Crippen LogP contribution in [-0.4, -0.2) is 53.6 Å². The van der Waals surface area contributed by atoms with E-state index in [1.165, 1.54) is 18.2 Å². The molecule has 1 aliphatic rings. The Bertz CT molecular complexity index is 872. The number of nitrogens with zero attached hydrogens (tertiary/aromatic N) is 2. The molecule has 0 N–H and O–H groups in total. The van der Waals surface area contributed by atoms with E-state index < -0.39 is 5.82 Å². The lowest BCUT2D eigenvalue weighted by atomic mass is 10.0. The van der Waals surface area contributed by atoms with Crippen LogP contribution in [0.25, 0.3) is 0 Å². The third-order valence-corrected chi connectivity index (χ3v) is 4.93. The number of amides is 2. The molecule has 1 heterocycles. The molecule has 1 fully saturated rings. The average Bonchev–Trinajstić information content (AvgIpc) is 2.72. The summed E-state index contributed by atoms with van der Waals surface area (Å²) in [6, 6.07) is 12.9. The fourth-order valence-electron chi connectivity index (χ4n) is 3.23. The van der Waals surface area contributed by atoms with Gasteiger partial charge in [-0.2, -0.15) is 0 Å². The first-order chi connectivity index (χ1) is 13.4. The number of aryl methyl sites for hydroxylation is 1. The Morgan fingerprint density at radius 2 is 1.50 bits per heavy atom. The lowest BCUT2D eigenvalue weighted by molar-refractivity contribution is -0.132.